The Balaban J connectivity index is 1.76. The van der Waals surface area contributed by atoms with Gasteiger partial charge in [-0.25, -0.2) is 4.98 Å². The Morgan fingerprint density at radius 2 is 2.24 bits per heavy atom. The molecule has 1 saturated heterocycles. The average Bonchev–Trinajstić information content (AvgIpc) is 2.73. The van der Waals surface area contributed by atoms with Crippen molar-refractivity contribution in [3.63, 3.8) is 0 Å². The molecule has 0 amide bonds. The van der Waals surface area contributed by atoms with Crippen molar-refractivity contribution in [1.82, 2.24) is 14.5 Å². The third kappa shape index (κ3) is 3.09. The Morgan fingerprint density at radius 1 is 1.43 bits per heavy atom. The number of likely N-dealkylation sites (tertiary alicyclic amines) is 1. The van der Waals surface area contributed by atoms with E-state index in [0.29, 0.717) is 0 Å². The van der Waals surface area contributed by atoms with Crippen molar-refractivity contribution >= 4 is 22.6 Å². The number of benzene rings is 1. The number of hydrogen-bond donors (Lipinski definition) is 0. The van der Waals surface area contributed by atoms with Gasteiger partial charge in [-0.3, -0.25) is 0 Å². The van der Waals surface area contributed by atoms with E-state index >= 15 is 0 Å². The van der Waals surface area contributed by atoms with Crippen LogP contribution in [0.4, 0.5) is 0 Å². The van der Waals surface area contributed by atoms with Crippen LogP contribution in [-0.4, -0.2) is 34.1 Å². The van der Waals surface area contributed by atoms with Crippen LogP contribution in [0.15, 0.2) is 18.2 Å². The standard InChI is InChI=1S/C17H24ClN3/c1-12-5-4-8-21(10-12)11-15(18)14-6-7-17-16(9-14)19-13(2)20(17)3/h6-7,9,12,15H,4-5,8,10-11H2,1-3H3. The normalized spacial score (nSPS) is 21.8. The van der Waals surface area contributed by atoms with Crippen LogP contribution in [0.3, 0.4) is 0 Å². The molecular formula is C17H24ClN3. The molecule has 1 fully saturated rings. The molecule has 0 radical (unpaired) electrons. The lowest BCUT2D eigenvalue weighted by Gasteiger charge is -2.32. The molecule has 0 saturated carbocycles. The van der Waals surface area contributed by atoms with Crippen LogP contribution in [0, 0.1) is 12.8 Å². The Morgan fingerprint density at radius 3 is 3.00 bits per heavy atom. The summed E-state index contributed by atoms with van der Waals surface area (Å²) in [7, 11) is 2.05. The van der Waals surface area contributed by atoms with Crippen LogP contribution in [0.2, 0.25) is 0 Å². The summed E-state index contributed by atoms with van der Waals surface area (Å²) in [4.78, 5) is 7.11. The van der Waals surface area contributed by atoms with E-state index in [-0.39, 0.29) is 5.38 Å². The summed E-state index contributed by atoms with van der Waals surface area (Å²) in [6.45, 7) is 7.65. The highest BCUT2D eigenvalue weighted by molar-refractivity contribution is 6.21. The maximum Gasteiger partial charge on any atom is 0.106 e. The first-order chi connectivity index (χ1) is 10.0. The fraction of sp³-hybridized carbons (Fsp3) is 0.588. The highest BCUT2D eigenvalue weighted by Gasteiger charge is 2.20. The quantitative estimate of drug-likeness (QED) is 0.802. The molecule has 2 unspecified atom stereocenters. The molecule has 3 nitrogen and oxygen atoms in total. The van der Waals surface area contributed by atoms with Crippen LogP contribution in [0.5, 0.6) is 0 Å². The van der Waals surface area contributed by atoms with Gasteiger partial charge >= 0.3 is 0 Å². The number of nitrogens with zero attached hydrogens (tertiary/aromatic N) is 3. The molecule has 0 spiro atoms. The first-order valence-electron chi connectivity index (χ1n) is 7.84. The van der Waals surface area contributed by atoms with Gasteiger partial charge in [-0.15, -0.1) is 11.6 Å². The van der Waals surface area contributed by atoms with E-state index in [1.165, 1.54) is 37.0 Å². The molecule has 0 aliphatic carbocycles. The van der Waals surface area contributed by atoms with Crippen molar-refractivity contribution in [2.75, 3.05) is 19.6 Å². The number of aryl methyl sites for hydroxylation is 2. The zero-order chi connectivity index (χ0) is 15.0. The first kappa shape index (κ1) is 14.9. The summed E-state index contributed by atoms with van der Waals surface area (Å²) in [6.07, 6.45) is 2.64. The van der Waals surface area contributed by atoms with Gasteiger partial charge in [0.05, 0.1) is 16.4 Å². The lowest BCUT2D eigenvalue weighted by Crippen LogP contribution is -2.36. The molecule has 3 rings (SSSR count). The molecule has 2 atom stereocenters. The van der Waals surface area contributed by atoms with Gasteiger partial charge in [0.25, 0.3) is 0 Å². The molecular weight excluding hydrogens is 282 g/mol. The number of aromatic nitrogens is 2. The largest absolute Gasteiger partial charge is 0.331 e. The van der Waals surface area contributed by atoms with E-state index in [9.17, 15) is 0 Å². The first-order valence-corrected chi connectivity index (χ1v) is 8.27. The monoisotopic (exact) mass is 305 g/mol. The van der Waals surface area contributed by atoms with Crippen LogP contribution < -0.4 is 0 Å². The van der Waals surface area contributed by atoms with E-state index in [1.54, 1.807) is 0 Å². The van der Waals surface area contributed by atoms with Crippen molar-refractivity contribution in [2.24, 2.45) is 13.0 Å². The predicted molar refractivity (Wildman–Crippen MR) is 88.9 cm³/mol. The molecule has 0 N–H and O–H groups in total. The number of fused-ring (bicyclic) bond motifs is 1. The Hall–Kier alpha value is -1.06. The fourth-order valence-electron chi connectivity index (χ4n) is 3.32. The molecule has 0 bridgehead atoms. The minimum Gasteiger partial charge on any atom is -0.331 e. The van der Waals surface area contributed by atoms with Gasteiger partial charge in [0.1, 0.15) is 5.82 Å². The summed E-state index contributed by atoms with van der Waals surface area (Å²) in [5.74, 6) is 1.83. The molecule has 1 aliphatic heterocycles. The Bertz CT molecular complexity index is 634. The molecule has 2 heterocycles. The van der Waals surface area contributed by atoms with Crippen molar-refractivity contribution in [2.45, 2.75) is 32.1 Å². The summed E-state index contributed by atoms with van der Waals surface area (Å²) in [5.41, 5.74) is 3.40. The average molecular weight is 306 g/mol. The number of rotatable bonds is 3. The maximum absolute atomic E-state index is 6.66. The van der Waals surface area contributed by atoms with Crippen molar-refractivity contribution in [1.29, 1.82) is 0 Å². The zero-order valence-corrected chi connectivity index (χ0v) is 13.9. The number of imidazole rings is 1. The third-order valence-corrected chi connectivity index (χ3v) is 5.04. The topological polar surface area (TPSA) is 21.1 Å². The van der Waals surface area contributed by atoms with Gasteiger partial charge in [-0.1, -0.05) is 13.0 Å². The van der Waals surface area contributed by atoms with Gasteiger partial charge in [-0.2, -0.15) is 0 Å². The smallest absolute Gasteiger partial charge is 0.106 e. The minimum absolute atomic E-state index is 0.0435. The van der Waals surface area contributed by atoms with E-state index in [0.717, 1.165) is 23.8 Å². The molecule has 1 aliphatic rings. The van der Waals surface area contributed by atoms with Gasteiger partial charge in [-0.05, 0) is 49.9 Å². The number of piperidine rings is 1. The molecule has 2 aromatic rings. The van der Waals surface area contributed by atoms with Crippen molar-refractivity contribution in [3.05, 3.63) is 29.6 Å². The number of alkyl halides is 1. The van der Waals surface area contributed by atoms with Gasteiger partial charge in [0.15, 0.2) is 0 Å². The second-order valence-electron chi connectivity index (χ2n) is 6.44. The molecule has 1 aromatic carbocycles. The summed E-state index contributed by atoms with van der Waals surface area (Å²) in [6, 6.07) is 6.43. The van der Waals surface area contributed by atoms with Crippen molar-refractivity contribution < 1.29 is 0 Å². The Labute approximate surface area is 131 Å². The molecule has 4 heteroatoms. The van der Waals surface area contributed by atoms with Crippen LogP contribution >= 0.6 is 11.6 Å². The SMILES string of the molecule is Cc1nc2cc(C(Cl)CN3CCCC(C)C3)ccc2n1C. The van der Waals surface area contributed by atoms with E-state index < -0.39 is 0 Å². The lowest BCUT2D eigenvalue weighted by molar-refractivity contribution is 0.184. The molecule has 114 valence electrons. The van der Waals surface area contributed by atoms with Gasteiger partial charge in [0, 0.05) is 20.1 Å². The summed E-state index contributed by atoms with van der Waals surface area (Å²) < 4.78 is 2.12. The van der Waals surface area contributed by atoms with Crippen molar-refractivity contribution in [3.8, 4) is 0 Å². The van der Waals surface area contributed by atoms with Gasteiger partial charge in [0.2, 0.25) is 0 Å². The molecule has 1 aromatic heterocycles. The van der Waals surface area contributed by atoms with E-state index in [4.69, 9.17) is 11.6 Å². The molecule has 21 heavy (non-hydrogen) atoms. The predicted octanol–water partition coefficient (Wildman–Crippen LogP) is 3.89. The maximum atomic E-state index is 6.66. The second-order valence-corrected chi connectivity index (χ2v) is 6.97. The van der Waals surface area contributed by atoms with E-state index in [1.807, 2.05) is 6.92 Å². The highest BCUT2D eigenvalue weighted by Crippen LogP contribution is 2.27. The zero-order valence-electron chi connectivity index (χ0n) is 13.1. The number of hydrogen-bond acceptors (Lipinski definition) is 2. The number of halogens is 1. The summed E-state index contributed by atoms with van der Waals surface area (Å²) >= 11 is 6.66. The van der Waals surface area contributed by atoms with E-state index in [2.05, 4.69) is 46.6 Å². The van der Waals surface area contributed by atoms with Gasteiger partial charge < -0.3 is 9.47 Å². The van der Waals surface area contributed by atoms with Crippen LogP contribution in [-0.2, 0) is 7.05 Å². The summed E-state index contributed by atoms with van der Waals surface area (Å²) in [5, 5.41) is 0.0435. The highest BCUT2D eigenvalue weighted by atomic mass is 35.5. The lowest BCUT2D eigenvalue weighted by atomic mass is 9.99. The fourth-order valence-corrected chi connectivity index (χ4v) is 3.65. The minimum atomic E-state index is 0.0435. The van der Waals surface area contributed by atoms with Crippen LogP contribution in [0.1, 0.15) is 36.5 Å². The second kappa shape index (κ2) is 5.98. The Kier molecular flexibility index (Phi) is 4.23. The van der Waals surface area contributed by atoms with Crippen LogP contribution in [0.25, 0.3) is 11.0 Å². The third-order valence-electron chi connectivity index (χ3n) is 4.65.